The maximum Gasteiger partial charge on any atom is 0.119 e. The molecule has 0 bridgehead atoms. The highest BCUT2D eigenvalue weighted by molar-refractivity contribution is 7.10. The molecule has 0 spiro atoms. The topological polar surface area (TPSA) is 32.3 Å². The molecule has 2 aromatic rings. The van der Waals surface area contributed by atoms with Gasteiger partial charge in [0, 0.05) is 17.5 Å². The normalized spacial score (nSPS) is 17.9. The van der Waals surface area contributed by atoms with Crippen molar-refractivity contribution in [1.29, 1.82) is 0 Å². The van der Waals surface area contributed by atoms with Gasteiger partial charge in [-0.2, -0.15) is 0 Å². The molecule has 2 nitrogen and oxygen atoms in total. The molecule has 0 aliphatic heterocycles. The van der Waals surface area contributed by atoms with Crippen LogP contribution >= 0.6 is 11.3 Å². The highest BCUT2D eigenvalue weighted by Gasteiger charge is 2.24. The Morgan fingerprint density at radius 2 is 2.28 bits per heavy atom. The summed E-state index contributed by atoms with van der Waals surface area (Å²) in [5.41, 5.74) is 3.75. The Labute approximate surface area is 111 Å². The zero-order valence-electron chi connectivity index (χ0n) is 10.4. The van der Waals surface area contributed by atoms with Crippen molar-refractivity contribution in [3.63, 3.8) is 0 Å². The molecular formula is C15H17NOS. The van der Waals surface area contributed by atoms with Gasteiger partial charge in [0.25, 0.3) is 0 Å². The number of aryl methyl sites for hydroxylation is 1. The summed E-state index contributed by atoms with van der Waals surface area (Å²) in [6.07, 6.45) is 2.06. The van der Waals surface area contributed by atoms with Gasteiger partial charge < -0.3 is 10.4 Å². The number of hydrogen-bond acceptors (Lipinski definition) is 3. The predicted molar refractivity (Wildman–Crippen MR) is 75.1 cm³/mol. The summed E-state index contributed by atoms with van der Waals surface area (Å²) >= 11 is 1.81. The third-order valence-corrected chi connectivity index (χ3v) is 4.75. The molecule has 1 unspecified atom stereocenters. The molecule has 0 fully saturated rings. The Morgan fingerprint density at radius 3 is 3.06 bits per heavy atom. The third-order valence-electron chi connectivity index (χ3n) is 3.72. The van der Waals surface area contributed by atoms with Crippen LogP contribution in [0.1, 0.15) is 34.0 Å². The van der Waals surface area contributed by atoms with E-state index in [9.17, 15) is 5.11 Å². The van der Waals surface area contributed by atoms with Gasteiger partial charge in [-0.15, -0.1) is 11.3 Å². The molecule has 1 atom stereocenters. The molecule has 0 saturated heterocycles. The number of benzene rings is 1. The van der Waals surface area contributed by atoms with Crippen LogP contribution in [0.25, 0.3) is 0 Å². The molecule has 1 aliphatic rings. The van der Waals surface area contributed by atoms with E-state index in [0.29, 0.717) is 11.8 Å². The fraction of sp³-hybridized carbons (Fsp3) is 0.333. The first-order valence-electron chi connectivity index (χ1n) is 6.33. The zero-order valence-corrected chi connectivity index (χ0v) is 11.3. The number of phenols is 1. The molecule has 1 heterocycles. The molecule has 3 heteroatoms. The fourth-order valence-electron chi connectivity index (χ4n) is 2.65. The van der Waals surface area contributed by atoms with Crippen molar-refractivity contribution in [3.8, 4) is 5.75 Å². The van der Waals surface area contributed by atoms with Gasteiger partial charge in [-0.05, 0) is 54.0 Å². The van der Waals surface area contributed by atoms with Crippen molar-refractivity contribution in [1.82, 2.24) is 5.32 Å². The van der Waals surface area contributed by atoms with Gasteiger partial charge in [0.15, 0.2) is 0 Å². The van der Waals surface area contributed by atoms with Crippen LogP contribution < -0.4 is 5.32 Å². The smallest absolute Gasteiger partial charge is 0.119 e. The van der Waals surface area contributed by atoms with Crippen LogP contribution in [0, 0.1) is 6.92 Å². The number of aromatic hydroxyl groups is 1. The van der Waals surface area contributed by atoms with Crippen LogP contribution in [-0.4, -0.2) is 5.11 Å². The highest BCUT2D eigenvalue weighted by Crippen LogP contribution is 2.36. The maximum atomic E-state index is 9.82. The van der Waals surface area contributed by atoms with E-state index in [1.165, 1.54) is 16.0 Å². The quantitative estimate of drug-likeness (QED) is 0.883. The van der Waals surface area contributed by atoms with Gasteiger partial charge in [0.2, 0.25) is 0 Å². The van der Waals surface area contributed by atoms with E-state index in [0.717, 1.165) is 24.9 Å². The average molecular weight is 259 g/mol. The van der Waals surface area contributed by atoms with E-state index < -0.39 is 0 Å². The first-order valence-corrected chi connectivity index (χ1v) is 7.21. The van der Waals surface area contributed by atoms with Crippen molar-refractivity contribution in [3.05, 3.63) is 51.2 Å². The minimum absolute atomic E-state index is 0.383. The molecule has 0 saturated carbocycles. The first-order chi connectivity index (χ1) is 8.75. The summed E-state index contributed by atoms with van der Waals surface area (Å²) in [5, 5.41) is 15.6. The summed E-state index contributed by atoms with van der Waals surface area (Å²) in [7, 11) is 0. The summed E-state index contributed by atoms with van der Waals surface area (Å²) in [6.45, 7) is 3.07. The van der Waals surface area contributed by atoms with Gasteiger partial charge in [-0.3, -0.25) is 0 Å². The van der Waals surface area contributed by atoms with E-state index in [-0.39, 0.29) is 0 Å². The summed E-state index contributed by atoms with van der Waals surface area (Å²) in [6, 6.07) is 8.39. The molecule has 2 N–H and O–H groups in total. The molecular weight excluding hydrogens is 242 g/mol. The van der Waals surface area contributed by atoms with Crippen molar-refractivity contribution in [2.75, 3.05) is 0 Å². The minimum Gasteiger partial charge on any atom is -0.508 e. The van der Waals surface area contributed by atoms with Crippen molar-refractivity contribution >= 4 is 11.3 Å². The lowest BCUT2D eigenvalue weighted by Crippen LogP contribution is -2.18. The molecule has 1 aliphatic carbocycles. The van der Waals surface area contributed by atoms with Gasteiger partial charge >= 0.3 is 0 Å². The van der Waals surface area contributed by atoms with Crippen LogP contribution in [0.5, 0.6) is 5.75 Å². The Kier molecular flexibility index (Phi) is 3.10. The largest absolute Gasteiger partial charge is 0.508 e. The van der Waals surface area contributed by atoms with E-state index in [1.54, 1.807) is 17.4 Å². The Hall–Kier alpha value is -1.32. The molecule has 1 aromatic carbocycles. The highest BCUT2D eigenvalue weighted by atomic mass is 32.1. The minimum atomic E-state index is 0.383. The molecule has 18 heavy (non-hydrogen) atoms. The van der Waals surface area contributed by atoms with E-state index in [2.05, 4.69) is 29.8 Å². The second-order valence-electron chi connectivity index (χ2n) is 4.84. The fourth-order valence-corrected chi connectivity index (χ4v) is 3.51. The van der Waals surface area contributed by atoms with Crippen molar-refractivity contribution < 1.29 is 5.11 Å². The monoisotopic (exact) mass is 259 g/mol. The van der Waals surface area contributed by atoms with Crippen LogP contribution in [0.15, 0.2) is 29.6 Å². The van der Waals surface area contributed by atoms with Gasteiger partial charge in [0.1, 0.15) is 5.75 Å². The molecule has 0 radical (unpaired) electrons. The van der Waals surface area contributed by atoms with Crippen LogP contribution in [-0.2, 0) is 13.0 Å². The number of phenolic OH excluding ortho intramolecular Hbond substituents is 1. The number of thiophene rings is 1. The number of hydrogen-bond donors (Lipinski definition) is 2. The summed E-state index contributed by atoms with van der Waals surface area (Å²) in [5.74, 6) is 0.448. The maximum absolute atomic E-state index is 9.82. The zero-order chi connectivity index (χ0) is 12.5. The van der Waals surface area contributed by atoms with Crippen LogP contribution in [0.4, 0.5) is 0 Å². The van der Waals surface area contributed by atoms with E-state index >= 15 is 0 Å². The van der Waals surface area contributed by atoms with Crippen LogP contribution in [0.2, 0.25) is 0 Å². The van der Waals surface area contributed by atoms with E-state index in [4.69, 9.17) is 0 Å². The summed E-state index contributed by atoms with van der Waals surface area (Å²) < 4.78 is 0. The predicted octanol–water partition coefficient (Wildman–Crippen LogP) is 3.54. The molecule has 94 valence electrons. The van der Waals surface area contributed by atoms with Crippen LogP contribution in [0.3, 0.4) is 0 Å². The SMILES string of the molecule is Cc1ccsc1CNC1CCc2c(O)cccc21. The number of rotatable bonds is 3. The Bertz CT molecular complexity index is 561. The van der Waals surface area contributed by atoms with Crippen molar-refractivity contribution in [2.45, 2.75) is 32.4 Å². The number of fused-ring (bicyclic) bond motifs is 1. The standard InChI is InChI=1S/C15H17NOS/c1-10-7-8-18-15(10)9-16-13-6-5-12-11(13)3-2-4-14(12)17/h2-4,7-8,13,16-17H,5-6,9H2,1H3. The van der Waals surface area contributed by atoms with E-state index in [1.807, 2.05) is 6.07 Å². The second-order valence-corrected chi connectivity index (χ2v) is 5.84. The van der Waals surface area contributed by atoms with Crippen molar-refractivity contribution in [2.24, 2.45) is 0 Å². The Balaban J connectivity index is 1.74. The van der Waals surface area contributed by atoms with Gasteiger partial charge in [-0.1, -0.05) is 12.1 Å². The first kappa shape index (κ1) is 11.8. The third kappa shape index (κ3) is 2.04. The average Bonchev–Trinajstić information content (AvgIpc) is 2.94. The number of nitrogens with one attached hydrogen (secondary N) is 1. The molecule has 0 amide bonds. The lowest BCUT2D eigenvalue weighted by Gasteiger charge is -2.14. The second kappa shape index (κ2) is 4.75. The molecule has 1 aromatic heterocycles. The van der Waals surface area contributed by atoms with Gasteiger partial charge in [-0.25, -0.2) is 0 Å². The lowest BCUT2D eigenvalue weighted by molar-refractivity contribution is 0.469. The lowest BCUT2D eigenvalue weighted by atomic mass is 10.1. The molecule has 3 rings (SSSR count). The summed E-state index contributed by atoms with van der Waals surface area (Å²) in [4.78, 5) is 1.41. The van der Waals surface area contributed by atoms with Gasteiger partial charge in [0.05, 0.1) is 0 Å². The Morgan fingerprint density at radius 1 is 1.39 bits per heavy atom.